The number of aryl methyl sites for hydroxylation is 1. The smallest absolute Gasteiger partial charge is 0.308 e. The summed E-state index contributed by atoms with van der Waals surface area (Å²) in [6.45, 7) is 5.10. The van der Waals surface area contributed by atoms with Crippen LogP contribution in [0, 0.1) is 11.8 Å². The van der Waals surface area contributed by atoms with Gasteiger partial charge in [0.2, 0.25) is 5.91 Å². The zero-order chi connectivity index (χ0) is 15.4. The SMILES string of the molecule is CCc1cccc(CC(=O)N2CC(C)CC(C(=O)O)C2)c1. The molecule has 1 heterocycles. The molecule has 2 atom stereocenters. The number of carbonyl (C=O) groups is 2. The quantitative estimate of drug-likeness (QED) is 0.925. The lowest BCUT2D eigenvalue weighted by Crippen LogP contribution is -2.46. The van der Waals surface area contributed by atoms with Crippen LogP contribution in [-0.4, -0.2) is 35.0 Å². The van der Waals surface area contributed by atoms with Gasteiger partial charge in [0.1, 0.15) is 0 Å². The van der Waals surface area contributed by atoms with Crippen molar-refractivity contribution in [2.45, 2.75) is 33.1 Å². The van der Waals surface area contributed by atoms with Crippen LogP contribution in [0.4, 0.5) is 0 Å². The fourth-order valence-corrected chi connectivity index (χ4v) is 2.98. The predicted octanol–water partition coefficient (Wildman–Crippen LogP) is 2.36. The number of carboxylic acid groups (broad SMARTS) is 1. The summed E-state index contributed by atoms with van der Waals surface area (Å²) in [7, 11) is 0. The summed E-state index contributed by atoms with van der Waals surface area (Å²) >= 11 is 0. The Morgan fingerprint density at radius 1 is 1.29 bits per heavy atom. The molecule has 0 aliphatic carbocycles. The molecule has 0 bridgehead atoms. The van der Waals surface area contributed by atoms with Crippen LogP contribution in [-0.2, 0) is 22.4 Å². The average molecular weight is 289 g/mol. The van der Waals surface area contributed by atoms with Crippen LogP contribution < -0.4 is 0 Å². The Labute approximate surface area is 125 Å². The van der Waals surface area contributed by atoms with Gasteiger partial charge in [0.15, 0.2) is 0 Å². The Hall–Kier alpha value is -1.84. The lowest BCUT2D eigenvalue weighted by molar-refractivity contribution is -0.146. The molecule has 0 spiro atoms. The molecule has 4 nitrogen and oxygen atoms in total. The first kappa shape index (κ1) is 15.5. The Kier molecular flexibility index (Phi) is 4.99. The first-order valence-corrected chi connectivity index (χ1v) is 7.58. The molecule has 21 heavy (non-hydrogen) atoms. The summed E-state index contributed by atoms with van der Waals surface area (Å²) in [6.07, 6.45) is 1.96. The molecule has 2 unspecified atom stereocenters. The summed E-state index contributed by atoms with van der Waals surface area (Å²) in [5.41, 5.74) is 2.22. The van der Waals surface area contributed by atoms with Crippen molar-refractivity contribution in [3.8, 4) is 0 Å². The number of hydrogen-bond acceptors (Lipinski definition) is 2. The number of amides is 1. The highest BCUT2D eigenvalue weighted by atomic mass is 16.4. The number of aliphatic carboxylic acids is 1. The molecule has 1 aromatic rings. The number of nitrogens with zero attached hydrogens (tertiary/aromatic N) is 1. The van der Waals surface area contributed by atoms with E-state index < -0.39 is 11.9 Å². The second kappa shape index (κ2) is 6.74. The largest absolute Gasteiger partial charge is 0.481 e. The first-order chi connectivity index (χ1) is 9.99. The van der Waals surface area contributed by atoms with Gasteiger partial charge in [0.05, 0.1) is 12.3 Å². The minimum atomic E-state index is -0.799. The van der Waals surface area contributed by atoms with Crippen LogP contribution in [0.2, 0.25) is 0 Å². The van der Waals surface area contributed by atoms with Gasteiger partial charge in [-0.2, -0.15) is 0 Å². The molecule has 1 aliphatic heterocycles. The van der Waals surface area contributed by atoms with Crippen molar-refractivity contribution < 1.29 is 14.7 Å². The van der Waals surface area contributed by atoms with E-state index in [4.69, 9.17) is 0 Å². The van der Waals surface area contributed by atoms with Gasteiger partial charge in [-0.1, -0.05) is 38.1 Å². The number of carbonyl (C=O) groups excluding carboxylic acids is 1. The van der Waals surface area contributed by atoms with Crippen molar-refractivity contribution in [3.63, 3.8) is 0 Å². The van der Waals surface area contributed by atoms with Gasteiger partial charge >= 0.3 is 5.97 Å². The van der Waals surface area contributed by atoms with Crippen molar-refractivity contribution in [2.75, 3.05) is 13.1 Å². The molecule has 1 fully saturated rings. The fraction of sp³-hybridized carbons (Fsp3) is 0.529. The molecule has 114 valence electrons. The van der Waals surface area contributed by atoms with E-state index in [-0.39, 0.29) is 11.8 Å². The van der Waals surface area contributed by atoms with Gasteiger partial charge in [-0.3, -0.25) is 9.59 Å². The standard InChI is InChI=1S/C17H23NO3/c1-3-13-5-4-6-14(8-13)9-16(19)18-10-12(2)7-15(11-18)17(20)21/h4-6,8,12,15H,3,7,9-11H2,1-2H3,(H,20,21). The van der Waals surface area contributed by atoms with E-state index in [9.17, 15) is 14.7 Å². The van der Waals surface area contributed by atoms with Crippen LogP contribution in [0.25, 0.3) is 0 Å². The molecule has 1 N–H and O–H groups in total. The van der Waals surface area contributed by atoms with Gasteiger partial charge in [0.25, 0.3) is 0 Å². The summed E-state index contributed by atoms with van der Waals surface area (Å²) in [4.78, 5) is 25.3. The topological polar surface area (TPSA) is 57.6 Å². The normalized spacial score (nSPS) is 22.1. The number of carboxylic acids is 1. The Morgan fingerprint density at radius 3 is 2.67 bits per heavy atom. The van der Waals surface area contributed by atoms with Crippen molar-refractivity contribution in [2.24, 2.45) is 11.8 Å². The van der Waals surface area contributed by atoms with Crippen LogP contribution in [0.15, 0.2) is 24.3 Å². The van der Waals surface area contributed by atoms with Gasteiger partial charge in [-0.15, -0.1) is 0 Å². The zero-order valence-electron chi connectivity index (χ0n) is 12.7. The molecule has 4 heteroatoms. The average Bonchev–Trinajstić information content (AvgIpc) is 2.46. The van der Waals surface area contributed by atoms with E-state index in [2.05, 4.69) is 19.1 Å². The fourth-order valence-electron chi connectivity index (χ4n) is 2.98. The van der Waals surface area contributed by atoms with E-state index in [0.717, 1.165) is 12.0 Å². The molecule has 0 radical (unpaired) electrons. The molecule has 1 amide bonds. The van der Waals surface area contributed by atoms with E-state index >= 15 is 0 Å². The van der Waals surface area contributed by atoms with Crippen LogP contribution >= 0.6 is 0 Å². The van der Waals surface area contributed by atoms with E-state index in [0.29, 0.717) is 25.9 Å². The second-order valence-corrected chi connectivity index (χ2v) is 6.03. The number of likely N-dealkylation sites (tertiary alicyclic amines) is 1. The third-order valence-corrected chi connectivity index (χ3v) is 4.12. The van der Waals surface area contributed by atoms with Crippen molar-refractivity contribution in [1.82, 2.24) is 4.90 Å². The number of piperidine rings is 1. The highest BCUT2D eigenvalue weighted by Crippen LogP contribution is 2.22. The van der Waals surface area contributed by atoms with Gasteiger partial charge in [-0.25, -0.2) is 0 Å². The number of rotatable bonds is 4. The van der Waals surface area contributed by atoms with Gasteiger partial charge in [0, 0.05) is 13.1 Å². The lowest BCUT2D eigenvalue weighted by Gasteiger charge is -2.34. The first-order valence-electron chi connectivity index (χ1n) is 7.58. The maximum Gasteiger partial charge on any atom is 0.308 e. The molecule has 2 rings (SSSR count). The Bertz CT molecular complexity index is 527. The molecular formula is C17H23NO3. The number of hydrogen-bond donors (Lipinski definition) is 1. The van der Waals surface area contributed by atoms with E-state index in [1.165, 1.54) is 5.56 Å². The minimum absolute atomic E-state index is 0.0288. The maximum atomic E-state index is 12.4. The maximum absolute atomic E-state index is 12.4. The highest BCUT2D eigenvalue weighted by Gasteiger charge is 2.31. The Balaban J connectivity index is 2.03. The highest BCUT2D eigenvalue weighted by molar-refractivity contribution is 5.80. The van der Waals surface area contributed by atoms with E-state index in [1.54, 1.807) is 4.90 Å². The second-order valence-electron chi connectivity index (χ2n) is 6.03. The third kappa shape index (κ3) is 4.06. The van der Waals surface area contributed by atoms with Gasteiger partial charge in [-0.05, 0) is 29.9 Å². The molecule has 1 aliphatic rings. The lowest BCUT2D eigenvalue weighted by atomic mass is 9.90. The summed E-state index contributed by atoms with van der Waals surface area (Å²) in [5.74, 6) is -0.959. The zero-order valence-corrected chi connectivity index (χ0v) is 12.7. The van der Waals surface area contributed by atoms with Crippen molar-refractivity contribution >= 4 is 11.9 Å². The van der Waals surface area contributed by atoms with Crippen LogP contribution in [0.1, 0.15) is 31.4 Å². The van der Waals surface area contributed by atoms with Crippen LogP contribution in [0.5, 0.6) is 0 Å². The molecule has 0 aromatic heterocycles. The Morgan fingerprint density at radius 2 is 2.00 bits per heavy atom. The third-order valence-electron chi connectivity index (χ3n) is 4.12. The predicted molar refractivity (Wildman–Crippen MR) is 81.0 cm³/mol. The molecule has 1 saturated heterocycles. The summed E-state index contributed by atoms with van der Waals surface area (Å²) < 4.78 is 0. The summed E-state index contributed by atoms with van der Waals surface area (Å²) in [5, 5.41) is 9.18. The minimum Gasteiger partial charge on any atom is -0.481 e. The molecule has 1 aromatic carbocycles. The van der Waals surface area contributed by atoms with E-state index in [1.807, 2.05) is 19.1 Å². The monoisotopic (exact) mass is 289 g/mol. The summed E-state index contributed by atoms with van der Waals surface area (Å²) in [6, 6.07) is 8.04. The van der Waals surface area contributed by atoms with Gasteiger partial charge < -0.3 is 10.0 Å². The van der Waals surface area contributed by atoms with Crippen molar-refractivity contribution in [3.05, 3.63) is 35.4 Å². The molecule has 0 saturated carbocycles. The number of benzene rings is 1. The van der Waals surface area contributed by atoms with Crippen molar-refractivity contribution in [1.29, 1.82) is 0 Å². The molecular weight excluding hydrogens is 266 g/mol. The van der Waals surface area contributed by atoms with Crippen LogP contribution in [0.3, 0.4) is 0 Å².